The summed E-state index contributed by atoms with van der Waals surface area (Å²) in [6, 6.07) is 6.21. The van der Waals surface area contributed by atoms with Crippen molar-refractivity contribution >= 4 is 33.8 Å². The number of amides is 1. The number of hydrogen-bond acceptors (Lipinski definition) is 5. The monoisotopic (exact) mass is 316 g/mol. The van der Waals surface area contributed by atoms with Crippen LogP contribution in [0.3, 0.4) is 0 Å². The Labute approximate surface area is 131 Å². The quantitative estimate of drug-likeness (QED) is 0.537. The molecule has 2 heterocycles. The number of nitrogens with one attached hydrogen (secondary N) is 1. The smallest absolute Gasteiger partial charge is 0.213 e. The average Bonchev–Trinajstić information content (AvgIpc) is 3.15. The van der Waals surface area contributed by atoms with Gasteiger partial charge in [0.2, 0.25) is 6.41 Å². The molecular formula is C15H16N4O2S. The van der Waals surface area contributed by atoms with E-state index in [1.165, 1.54) is 11.3 Å². The van der Waals surface area contributed by atoms with E-state index in [-0.39, 0.29) is 0 Å². The van der Waals surface area contributed by atoms with Crippen molar-refractivity contribution in [2.45, 2.75) is 13.0 Å². The van der Waals surface area contributed by atoms with Crippen LogP contribution in [0.25, 0.3) is 21.3 Å². The zero-order valence-corrected chi connectivity index (χ0v) is 13.0. The SMILES string of the molecule is COCCCn1ncc2cc(-c3cnc(NC=O)s3)ccc21. The molecule has 0 spiro atoms. The van der Waals surface area contributed by atoms with Crippen molar-refractivity contribution in [3.05, 3.63) is 30.6 Å². The van der Waals surface area contributed by atoms with Crippen LogP contribution in [0, 0.1) is 0 Å². The van der Waals surface area contributed by atoms with Gasteiger partial charge in [-0.15, -0.1) is 0 Å². The minimum absolute atomic E-state index is 0.598. The molecule has 0 atom stereocenters. The largest absolute Gasteiger partial charge is 0.385 e. The van der Waals surface area contributed by atoms with Gasteiger partial charge < -0.3 is 10.1 Å². The molecule has 0 saturated heterocycles. The van der Waals surface area contributed by atoms with E-state index < -0.39 is 0 Å². The Morgan fingerprint density at radius 1 is 1.41 bits per heavy atom. The van der Waals surface area contributed by atoms with Gasteiger partial charge in [0.05, 0.1) is 16.6 Å². The molecule has 0 aliphatic rings. The molecular weight excluding hydrogens is 300 g/mol. The van der Waals surface area contributed by atoms with Crippen molar-refractivity contribution < 1.29 is 9.53 Å². The molecule has 2 aromatic heterocycles. The predicted molar refractivity (Wildman–Crippen MR) is 87.0 cm³/mol. The summed E-state index contributed by atoms with van der Waals surface area (Å²) < 4.78 is 7.06. The molecule has 114 valence electrons. The summed E-state index contributed by atoms with van der Waals surface area (Å²) in [6.45, 7) is 1.57. The fraction of sp³-hybridized carbons (Fsp3) is 0.267. The Bertz CT molecular complexity index is 781. The lowest BCUT2D eigenvalue weighted by molar-refractivity contribution is -0.105. The number of aromatic nitrogens is 3. The average molecular weight is 316 g/mol. The van der Waals surface area contributed by atoms with E-state index in [9.17, 15) is 4.79 Å². The lowest BCUT2D eigenvalue weighted by Gasteiger charge is -2.03. The van der Waals surface area contributed by atoms with Crippen LogP contribution in [-0.2, 0) is 16.1 Å². The number of nitrogens with zero attached hydrogens (tertiary/aromatic N) is 3. The van der Waals surface area contributed by atoms with E-state index in [1.54, 1.807) is 13.3 Å². The summed E-state index contributed by atoms with van der Waals surface area (Å²) in [6.07, 6.45) is 5.21. The number of aryl methyl sites for hydroxylation is 1. The van der Waals surface area contributed by atoms with Crippen LogP contribution in [0.2, 0.25) is 0 Å². The predicted octanol–water partition coefficient (Wildman–Crippen LogP) is 2.76. The van der Waals surface area contributed by atoms with Crippen LogP contribution in [0.15, 0.2) is 30.6 Å². The van der Waals surface area contributed by atoms with Gasteiger partial charge in [-0.2, -0.15) is 5.10 Å². The third kappa shape index (κ3) is 3.00. The molecule has 7 heteroatoms. The van der Waals surface area contributed by atoms with Crippen LogP contribution in [-0.4, -0.2) is 34.9 Å². The molecule has 0 saturated carbocycles. The number of hydrogen-bond donors (Lipinski definition) is 1. The Morgan fingerprint density at radius 2 is 2.32 bits per heavy atom. The summed E-state index contributed by atoms with van der Waals surface area (Å²) >= 11 is 1.45. The lowest BCUT2D eigenvalue weighted by Crippen LogP contribution is -2.02. The molecule has 1 amide bonds. The second-order valence-electron chi connectivity index (χ2n) is 4.78. The third-order valence-electron chi connectivity index (χ3n) is 3.33. The van der Waals surface area contributed by atoms with Gasteiger partial charge in [0.1, 0.15) is 0 Å². The van der Waals surface area contributed by atoms with E-state index in [2.05, 4.69) is 33.6 Å². The molecule has 3 rings (SSSR count). The van der Waals surface area contributed by atoms with Gasteiger partial charge in [0.15, 0.2) is 5.13 Å². The van der Waals surface area contributed by atoms with Crippen LogP contribution >= 0.6 is 11.3 Å². The number of methoxy groups -OCH3 is 1. The number of carbonyl (C=O) groups excluding carboxylic acids is 1. The first-order valence-corrected chi connectivity index (χ1v) is 7.74. The molecule has 0 unspecified atom stereocenters. The fourth-order valence-corrected chi connectivity index (χ4v) is 3.07. The van der Waals surface area contributed by atoms with Crippen molar-refractivity contribution in [3.63, 3.8) is 0 Å². The van der Waals surface area contributed by atoms with E-state index in [4.69, 9.17) is 4.74 Å². The highest BCUT2D eigenvalue weighted by Crippen LogP contribution is 2.30. The van der Waals surface area contributed by atoms with Crippen molar-refractivity contribution in [1.82, 2.24) is 14.8 Å². The van der Waals surface area contributed by atoms with Crippen molar-refractivity contribution in [2.24, 2.45) is 0 Å². The number of thiazole rings is 1. The maximum absolute atomic E-state index is 10.4. The van der Waals surface area contributed by atoms with Crippen LogP contribution in [0.4, 0.5) is 5.13 Å². The summed E-state index contributed by atoms with van der Waals surface area (Å²) in [5.74, 6) is 0. The molecule has 3 aromatic rings. The number of fused-ring (bicyclic) bond motifs is 1. The Hall–Kier alpha value is -2.25. The Morgan fingerprint density at radius 3 is 3.14 bits per heavy atom. The highest BCUT2D eigenvalue weighted by molar-refractivity contribution is 7.19. The molecule has 0 aliphatic carbocycles. The zero-order chi connectivity index (χ0) is 15.4. The normalized spacial score (nSPS) is 11.0. The van der Waals surface area contributed by atoms with Gasteiger partial charge in [-0.1, -0.05) is 17.4 Å². The first kappa shape index (κ1) is 14.7. The van der Waals surface area contributed by atoms with E-state index in [0.29, 0.717) is 11.5 Å². The van der Waals surface area contributed by atoms with Crippen LogP contribution in [0.1, 0.15) is 6.42 Å². The molecule has 0 aliphatic heterocycles. The zero-order valence-electron chi connectivity index (χ0n) is 12.2. The van der Waals surface area contributed by atoms with Gasteiger partial charge in [-0.3, -0.25) is 9.48 Å². The summed E-state index contributed by atoms with van der Waals surface area (Å²) in [5, 5.41) is 8.68. The van der Waals surface area contributed by atoms with Crippen molar-refractivity contribution in [3.8, 4) is 10.4 Å². The topological polar surface area (TPSA) is 69.0 Å². The maximum Gasteiger partial charge on any atom is 0.213 e. The van der Waals surface area contributed by atoms with E-state index in [1.807, 2.05) is 10.9 Å². The van der Waals surface area contributed by atoms with Crippen molar-refractivity contribution in [1.29, 1.82) is 0 Å². The standard InChI is InChI=1S/C15H16N4O2S/c1-21-6-2-5-19-13-4-3-11(7-12(13)8-18-19)14-9-16-15(22-14)17-10-20/h3-4,7-10H,2,5-6H2,1H3,(H,16,17,20). The first-order chi connectivity index (χ1) is 10.8. The second kappa shape index (κ2) is 6.67. The number of benzene rings is 1. The van der Waals surface area contributed by atoms with E-state index >= 15 is 0 Å². The second-order valence-corrected chi connectivity index (χ2v) is 5.81. The highest BCUT2D eigenvalue weighted by Gasteiger charge is 2.08. The van der Waals surface area contributed by atoms with Gasteiger partial charge >= 0.3 is 0 Å². The summed E-state index contributed by atoms with van der Waals surface area (Å²) in [4.78, 5) is 15.6. The van der Waals surface area contributed by atoms with Gasteiger partial charge in [0, 0.05) is 31.8 Å². The minimum Gasteiger partial charge on any atom is -0.385 e. The number of ether oxygens (including phenoxy) is 1. The Balaban J connectivity index is 1.85. The molecule has 1 N–H and O–H groups in total. The number of carbonyl (C=O) groups is 1. The van der Waals surface area contributed by atoms with Gasteiger partial charge in [-0.05, 0) is 24.1 Å². The van der Waals surface area contributed by atoms with Crippen molar-refractivity contribution in [2.75, 3.05) is 19.0 Å². The maximum atomic E-state index is 10.4. The third-order valence-corrected chi connectivity index (χ3v) is 4.31. The molecule has 1 aromatic carbocycles. The summed E-state index contributed by atoms with van der Waals surface area (Å²) in [7, 11) is 1.70. The number of anilines is 1. The molecule has 0 bridgehead atoms. The van der Waals surface area contributed by atoms with Crippen LogP contribution in [0.5, 0.6) is 0 Å². The number of rotatable bonds is 7. The van der Waals surface area contributed by atoms with Gasteiger partial charge in [0.25, 0.3) is 0 Å². The first-order valence-electron chi connectivity index (χ1n) is 6.92. The molecule has 0 radical (unpaired) electrons. The molecule has 22 heavy (non-hydrogen) atoms. The fourth-order valence-electron chi connectivity index (χ4n) is 2.30. The minimum atomic E-state index is 0.598. The molecule has 6 nitrogen and oxygen atoms in total. The van der Waals surface area contributed by atoms with E-state index in [0.717, 1.165) is 40.9 Å². The summed E-state index contributed by atoms with van der Waals surface area (Å²) in [5.41, 5.74) is 2.18. The Kier molecular flexibility index (Phi) is 4.45. The van der Waals surface area contributed by atoms with Crippen LogP contribution < -0.4 is 5.32 Å². The van der Waals surface area contributed by atoms with Gasteiger partial charge in [-0.25, -0.2) is 4.98 Å². The lowest BCUT2D eigenvalue weighted by atomic mass is 10.1. The molecule has 0 fully saturated rings. The highest BCUT2D eigenvalue weighted by atomic mass is 32.1.